The van der Waals surface area contributed by atoms with Crippen LogP contribution < -0.4 is 9.86 Å². The molecule has 0 rings (SSSR count). The number of carbonyl (C=O) groups is 2. The van der Waals surface area contributed by atoms with Gasteiger partial charge in [0.2, 0.25) is 15.9 Å². The summed E-state index contributed by atoms with van der Waals surface area (Å²) in [5, 5.41) is 13.3. The van der Waals surface area contributed by atoms with Gasteiger partial charge in [0.25, 0.3) is 0 Å². The molecule has 1 unspecified atom stereocenters. The molecule has 0 aromatic heterocycles. The van der Waals surface area contributed by atoms with Crippen LogP contribution in [0.2, 0.25) is 0 Å². The average Bonchev–Trinajstić information content (AvgIpc) is 2.14. The number of nitrogens with two attached hydrogens (primary N) is 1. The predicted octanol–water partition coefficient (Wildman–Crippen LogP) is -1.30. The van der Waals surface area contributed by atoms with Gasteiger partial charge in [0.1, 0.15) is 5.75 Å². The van der Waals surface area contributed by atoms with E-state index in [9.17, 15) is 22.6 Å². The molecular weight excluding hydrogens is 284 g/mol. The lowest BCUT2D eigenvalue weighted by atomic mass is 10.3. The van der Waals surface area contributed by atoms with Gasteiger partial charge in [-0.25, -0.2) is 8.42 Å². The molecule has 0 bridgehead atoms. The van der Waals surface area contributed by atoms with E-state index >= 15 is 0 Å². The van der Waals surface area contributed by atoms with Crippen LogP contribution in [0, 0.1) is 0 Å². The molecular formula is C8H16N2O6S2. The molecule has 0 aliphatic carbocycles. The SMILES string of the molecule is N[S+]([O-])CCCC(=O)NS(=O)(=O)CCCC(=O)O. The van der Waals surface area contributed by atoms with Crippen LogP contribution in [0.3, 0.4) is 0 Å². The Bertz CT molecular complexity index is 381. The van der Waals surface area contributed by atoms with Crippen molar-refractivity contribution in [2.24, 2.45) is 5.14 Å². The first-order chi connectivity index (χ1) is 8.23. The zero-order valence-corrected chi connectivity index (χ0v) is 11.3. The molecule has 0 spiro atoms. The highest BCUT2D eigenvalue weighted by molar-refractivity contribution is 7.90. The third kappa shape index (κ3) is 10.3. The van der Waals surface area contributed by atoms with Gasteiger partial charge in [-0.2, -0.15) is 5.14 Å². The minimum atomic E-state index is -3.80. The molecule has 4 N–H and O–H groups in total. The zero-order chi connectivity index (χ0) is 14.2. The summed E-state index contributed by atoms with van der Waals surface area (Å²) in [6.45, 7) is 0. The standard InChI is InChI=1S/C8H16N2O6S2/c9-17(14)5-1-3-7(11)10-18(15,16)6-2-4-8(12)13/h1-6,9H2,(H,10,11)(H,12,13). The van der Waals surface area contributed by atoms with Crippen LogP contribution in [0.5, 0.6) is 0 Å². The molecule has 0 aromatic carbocycles. The molecule has 0 aliphatic rings. The summed E-state index contributed by atoms with van der Waals surface area (Å²) < 4.78 is 34.9. The van der Waals surface area contributed by atoms with Crippen molar-refractivity contribution in [3.63, 3.8) is 0 Å². The van der Waals surface area contributed by atoms with E-state index in [0.29, 0.717) is 0 Å². The van der Waals surface area contributed by atoms with Crippen LogP contribution in [-0.2, 0) is 31.0 Å². The van der Waals surface area contributed by atoms with E-state index in [-0.39, 0.29) is 31.4 Å². The molecule has 0 fully saturated rings. The molecule has 0 saturated carbocycles. The van der Waals surface area contributed by atoms with Gasteiger partial charge >= 0.3 is 5.97 Å². The summed E-state index contributed by atoms with van der Waals surface area (Å²) in [6.07, 6.45) is -0.216. The van der Waals surface area contributed by atoms with Gasteiger partial charge in [0.15, 0.2) is 0 Å². The molecule has 1 amide bonds. The minimum absolute atomic E-state index is 0.0647. The predicted molar refractivity (Wildman–Crippen MR) is 65.2 cm³/mol. The molecule has 18 heavy (non-hydrogen) atoms. The minimum Gasteiger partial charge on any atom is -0.598 e. The Morgan fingerprint density at radius 2 is 1.89 bits per heavy atom. The number of rotatable bonds is 9. The average molecular weight is 300 g/mol. The second-order valence-electron chi connectivity index (χ2n) is 3.53. The van der Waals surface area contributed by atoms with Crippen molar-refractivity contribution in [1.82, 2.24) is 4.72 Å². The summed E-state index contributed by atoms with van der Waals surface area (Å²) in [5.41, 5.74) is 0. The largest absolute Gasteiger partial charge is 0.598 e. The van der Waals surface area contributed by atoms with Crippen molar-refractivity contribution < 1.29 is 27.7 Å². The number of hydrogen-bond acceptors (Lipinski definition) is 6. The Balaban J connectivity index is 3.93. The molecule has 10 heteroatoms. The Kier molecular flexibility index (Phi) is 7.91. The first-order valence-corrected chi connectivity index (χ1v) is 8.14. The normalized spacial score (nSPS) is 13.0. The van der Waals surface area contributed by atoms with Gasteiger partial charge in [-0.3, -0.25) is 14.3 Å². The summed E-state index contributed by atoms with van der Waals surface area (Å²) in [4.78, 5) is 21.4. The Morgan fingerprint density at radius 3 is 2.39 bits per heavy atom. The summed E-state index contributed by atoms with van der Waals surface area (Å²) >= 11 is -1.51. The molecule has 0 heterocycles. The van der Waals surface area contributed by atoms with Crippen molar-refractivity contribution in [2.45, 2.75) is 25.7 Å². The van der Waals surface area contributed by atoms with Crippen LogP contribution in [0.4, 0.5) is 0 Å². The number of amides is 1. The number of hydrogen-bond donors (Lipinski definition) is 3. The van der Waals surface area contributed by atoms with E-state index in [1.807, 2.05) is 0 Å². The number of carboxylic acid groups (broad SMARTS) is 1. The van der Waals surface area contributed by atoms with E-state index in [1.54, 1.807) is 4.72 Å². The Morgan fingerprint density at radius 1 is 1.28 bits per heavy atom. The van der Waals surface area contributed by atoms with Crippen molar-refractivity contribution in [2.75, 3.05) is 11.5 Å². The highest BCUT2D eigenvalue weighted by atomic mass is 32.2. The van der Waals surface area contributed by atoms with Gasteiger partial charge in [0.05, 0.1) is 5.75 Å². The fourth-order valence-corrected chi connectivity index (χ4v) is 2.57. The second-order valence-corrected chi connectivity index (χ2v) is 6.54. The Labute approximate surface area is 108 Å². The molecule has 1 atom stereocenters. The summed E-state index contributed by atoms with van der Waals surface area (Å²) in [7, 11) is -3.80. The maximum Gasteiger partial charge on any atom is 0.303 e. The zero-order valence-electron chi connectivity index (χ0n) is 9.62. The topological polar surface area (TPSA) is 150 Å². The first-order valence-electron chi connectivity index (χ1n) is 5.11. The van der Waals surface area contributed by atoms with Crippen molar-refractivity contribution in [3.8, 4) is 0 Å². The number of nitrogens with one attached hydrogen (secondary N) is 1. The van der Waals surface area contributed by atoms with Gasteiger partial charge in [-0.1, -0.05) is 0 Å². The quantitative estimate of drug-likeness (QED) is 0.448. The maximum absolute atomic E-state index is 11.3. The molecule has 0 aliphatic heterocycles. The highest BCUT2D eigenvalue weighted by Gasteiger charge is 2.15. The number of aliphatic carboxylic acids is 1. The number of carboxylic acids is 1. The van der Waals surface area contributed by atoms with Gasteiger partial charge in [0, 0.05) is 30.6 Å². The lowest BCUT2D eigenvalue weighted by Crippen LogP contribution is -2.33. The monoisotopic (exact) mass is 300 g/mol. The first kappa shape index (κ1) is 17.2. The van der Waals surface area contributed by atoms with Crippen LogP contribution in [0.1, 0.15) is 25.7 Å². The second kappa shape index (κ2) is 8.29. The van der Waals surface area contributed by atoms with Crippen molar-refractivity contribution in [3.05, 3.63) is 0 Å². The van der Waals surface area contributed by atoms with E-state index in [4.69, 9.17) is 10.2 Å². The lowest BCUT2D eigenvalue weighted by Gasteiger charge is -2.06. The number of carbonyl (C=O) groups excluding carboxylic acids is 1. The van der Waals surface area contributed by atoms with Crippen molar-refractivity contribution in [1.29, 1.82) is 0 Å². The van der Waals surface area contributed by atoms with E-state index in [0.717, 1.165) is 0 Å². The highest BCUT2D eigenvalue weighted by Crippen LogP contribution is 1.98. The number of sulfonamides is 1. The lowest BCUT2D eigenvalue weighted by molar-refractivity contribution is -0.137. The third-order valence-corrected chi connectivity index (χ3v) is 3.88. The van der Waals surface area contributed by atoms with Gasteiger partial charge < -0.3 is 9.66 Å². The summed E-state index contributed by atoms with van der Waals surface area (Å²) in [6, 6.07) is 0. The van der Waals surface area contributed by atoms with Gasteiger partial charge in [-0.15, -0.1) is 0 Å². The fraction of sp³-hybridized carbons (Fsp3) is 0.750. The molecule has 0 saturated heterocycles. The Hall–Kier alpha value is -0.840. The maximum atomic E-state index is 11.3. The van der Waals surface area contributed by atoms with Crippen LogP contribution in [0.15, 0.2) is 0 Å². The van der Waals surface area contributed by atoms with Gasteiger partial charge in [-0.05, 0) is 6.42 Å². The summed E-state index contributed by atoms with van der Waals surface area (Å²) in [5.74, 6) is -2.11. The fourth-order valence-electron chi connectivity index (χ4n) is 1.06. The third-order valence-electron chi connectivity index (χ3n) is 1.82. The van der Waals surface area contributed by atoms with Crippen molar-refractivity contribution >= 4 is 33.3 Å². The smallest absolute Gasteiger partial charge is 0.303 e. The van der Waals surface area contributed by atoms with Crippen LogP contribution in [0.25, 0.3) is 0 Å². The molecule has 0 aromatic rings. The van der Waals surface area contributed by atoms with E-state index < -0.39 is 39.0 Å². The van der Waals surface area contributed by atoms with Crippen LogP contribution in [-0.4, -0.2) is 41.5 Å². The van der Waals surface area contributed by atoms with E-state index in [1.165, 1.54) is 0 Å². The van der Waals surface area contributed by atoms with E-state index in [2.05, 4.69) is 0 Å². The molecule has 106 valence electrons. The van der Waals surface area contributed by atoms with Crippen LogP contribution >= 0.6 is 0 Å². The molecule has 0 radical (unpaired) electrons. The molecule has 8 nitrogen and oxygen atoms in total.